The zero-order chi connectivity index (χ0) is 22.7. The zero-order valence-corrected chi connectivity index (χ0v) is 18.9. The van der Waals surface area contributed by atoms with E-state index in [1.54, 1.807) is 19.2 Å². The van der Waals surface area contributed by atoms with Gasteiger partial charge >= 0.3 is 0 Å². The van der Waals surface area contributed by atoms with Crippen LogP contribution in [-0.4, -0.2) is 51.2 Å². The molecule has 6 nitrogen and oxygen atoms in total. The number of likely N-dealkylation sites (tertiary alicyclic amines) is 2. The summed E-state index contributed by atoms with van der Waals surface area (Å²) in [6.07, 6.45) is 7.39. The number of aryl methyl sites for hydroxylation is 3. The first kappa shape index (κ1) is 22.4. The van der Waals surface area contributed by atoms with Crippen LogP contribution in [0.3, 0.4) is 0 Å². The van der Waals surface area contributed by atoms with Crippen LogP contribution in [0.4, 0.5) is 4.39 Å². The third-order valence-electron chi connectivity index (χ3n) is 6.57. The Bertz CT molecular complexity index is 1000. The fraction of sp³-hybridized carbons (Fsp3) is 0.520. The van der Waals surface area contributed by atoms with Crippen molar-refractivity contribution in [1.29, 1.82) is 0 Å². The third-order valence-corrected chi connectivity index (χ3v) is 6.57. The summed E-state index contributed by atoms with van der Waals surface area (Å²) < 4.78 is 13.4. The van der Waals surface area contributed by atoms with E-state index in [0.717, 1.165) is 57.2 Å². The predicted octanol–water partition coefficient (Wildman–Crippen LogP) is 4.15. The number of nitrogens with zero attached hydrogens (tertiary/aromatic N) is 4. The van der Waals surface area contributed by atoms with Crippen molar-refractivity contribution in [1.82, 2.24) is 19.8 Å². The molecule has 0 radical (unpaired) electrons. The number of amides is 2. The molecule has 2 fully saturated rings. The van der Waals surface area contributed by atoms with Crippen LogP contribution in [0.15, 0.2) is 24.4 Å². The average Bonchev–Trinajstić information content (AvgIpc) is 3.48. The second-order valence-electron chi connectivity index (χ2n) is 8.91. The molecule has 1 atom stereocenters. The van der Waals surface area contributed by atoms with Crippen LogP contribution >= 0.6 is 0 Å². The quantitative estimate of drug-likeness (QED) is 0.679. The molecule has 0 bridgehead atoms. The molecule has 1 aromatic heterocycles. The van der Waals surface area contributed by atoms with Gasteiger partial charge in [0.15, 0.2) is 5.82 Å². The summed E-state index contributed by atoms with van der Waals surface area (Å²) in [5.74, 6) is 0.528. The normalized spacial score (nSPS) is 18.4. The molecule has 1 aromatic carbocycles. The second kappa shape index (κ2) is 9.76. The summed E-state index contributed by atoms with van der Waals surface area (Å²) >= 11 is 0. The Kier molecular flexibility index (Phi) is 6.82. The minimum atomic E-state index is -0.201. The maximum atomic E-state index is 13.4. The highest BCUT2D eigenvalue weighted by molar-refractivity contribution is 5.95. The predicted molar refractivity (Wildman–Crippen MR) is 120 cm³/mol. The smallest absolute Gasteiger partial charge is 0.257 e. The topological polar surface area (TPSA) is 66.4 Å². The Hall–Kier alpha value is -2.83. The minimum Gasteiger partial charge on any atom is -0.339 e. The molecule has 0 saturated carbocycles. The molecule has 4 rings (SSSR count). The molecule has 2 aromatic rings. The lowest BCUT2D eigenvalue weighted by Crippen LogP contribution is -2.32. The lowest BCUT2D eigenvalue weighted by Gasteiger charge is -2.24. The van der Waals surface area contributed by atoms with E-state index in [1.807, 2.05) is 22.8 Å². The molecule has 0 spiro atoms. The van der Waals surface area contributed by atoms with Gasteiger partial charge < -0.3 is 9.80 Å². The number of halogens is 1. The van der Waals surface area contributed by atoms with Crippen LogP contribution in [0.1, 0.15) is 77.6 Å². The summed E-state index contributed by atoms with van der Waals surface area (Å²) in [6.45, 7) is 5.89. The van der Waals surface area contributed by atoms with Crippen molar-refractivity contribution in [3.8, 4) is 0 Å². The molecule has 3 heterocycles. The zero-order valence-electron chi connectivity index (χ0n) is 18.9. The molecule has 0 unspecified atom stereocenters. The SMILES string of the molecule is Cc1cc(CCCC(=O)N2CCC[C@@H]2c2ncc(C(=O)N3CCCC3)c(C)n2)ccc1F. The molecular formula is C25H31FN4O2. The van der Waals surface area contributed by atoms with Gasteiger partial charge in [-0.1, -0.05) is 12.1 Å². The summed E-state index contributed by atoms with van der Waals surface area (Å²) in [7, 11) is 0. The van der Waals surface area contributed by atoms with Gasteiger partial charge in [0.1, 0.15) is 5.82 Å². The lowest BCUT2D eigenvalue weighted by atomic mass is 10.0. The van der Waals surface area contributed by atoms with E-state index in [0.29, 0.717) is 35.6 Å². The Morgan fingerprint density at radius 1 is 1.12 bits per heavy atom. The van der Waals surface area contributed by atoms with E-state index < -0.39 is 0 Å². The van der Waals surface area contributed by atoms with Crippen molar-refractivity contribution < 1.29 is 14.0 Å². The third kappa shape index (κ3) is 4.81. The van der Waals surface area contributed by atoms with Crippen molar-refractivity contribution in [2.45, 2.75) is 64.8 Å². The van der Waals surface area contributed by atoms with Crippen LogP contribution in [0.5, 0.6) is 0 Å². The lowest BCUT2D eigenvalue weighted by molar-refractivity contribution is -0.132. The molecule has 7 heteroatoms. The van der Waals surface area contributed by atoms with Crippen LogP contribution in [-0.2, 0) is 11.2 Å². The number of hydrogen-bond acceptors (Lipinski definition) is 4. The van der Waals surface area contributed by atoms with Crippen molar-refractivity contribution in [3.63, 3.8) is 0 Å². The van der Waals surface area contributed by atoms with Gasteiger partial charge in [-0.3, -0.25) is 9.59 Å². The first-order valence-corrected chi connectivity index (χ1v) is 11.6. The average molecular weight is 439 g/mol. The fourth-order valence-electron chi connectivity index (χ4n) is 4.73. The summed E-state index contributed by atoms with van der Waals surface area (Å²) in [5, 5.41) is 0. The largest absolute Gasteiger partial charge is 0.339 e. The number of benzene rings is 1. The van der Waals surface area contributed by atoms with Crippen LogP contribution in [0.2, 0.25) is 0 Å². The molecule has 170 valence electrons. The highest BCUT2D eigenvalue weighted by Gasteiger charge is 2.32. The maximum absolute atomic E-state index is 13.4. The summed E-state index contributed by atoms with van der Waals surface area (Å²) in [5.41, 5.74) is 2.92. The molecule has 32 heavy (non-hydrogen) atoms. The summed E-state index contributed by atoms with van der Waals surface area (Å²) in [6, 6.07) is 4.98. The number of carbonyl (C=O) groups is 2. The number of rotatable bonds is 6. The highest BCUT2D eigenvalue weighted by Crippen LogP contribution is 2.31. The van der Waals surface area contributed by atoms with Crippen LogP contribution < -0.4 is 0 Å². The van der Waals surface area contributed by atoms with Gasteiger partial charge in [-0.05, 0) is 69.6 Å². The van der Waals surface area contributed by atoms with Gasteiger partial charge in [-0.2, -0.15) is 0 Å². The van der Waals surface area contributed by atoms with Crippen molar-refractivity contribution in [2.75, 3.05) is 19.6 Å². The van der Waals surface area contributed by atoms with E-state index >= 15 is 0 Å². The Morgan fingerprint density at radius 2 is 1.91 bits per heavy atom. The van der Waals surface area contributed by atoms with E-state index in [2.05, 4.69) is 9.97 Å². The first-order chi connectivity index (χ1) is 15.4. The Labute approximate surface area is 188 Å². The number of hydrogen-bond donors (Lipinski definition) is 0. The molecule has 2 aliphatic rings. The van der Waals surface area contributed by atoms with Crippen LogP contribution in [0.25, 0.3) is 0 Å². The molecule has 2 saturated heterocycles. The monoisotopic (exact) mass is 438 g/mol. The van der Waals surface area contributed by atoms with Gasteiger partial charge in [0, 0.05) is 32.3 Å². The van der Waals surface area contributed by atoms with Gasteiger partial charge in [-0.15, -0.1) is 0 Å². The Morgan fingerprint density at radius 3 is 2.62 bits per heavy atom. The molecule has 2 amide bonds. The molecular weight excluding hydrogens is 407 g/mol. The van der Waals surface area contributed by atoms with Crippen LogP contribution in [0, 0.1) is 19.7 Å². The van der Waals surface area contributed by atoms with Gasteiger partial charge in [-0.25, -0.2) is 14.4 Å². The van der Waals surface area contributed by atoms with Gasteiger partial charge in [0.2, 0.25) is 5.91 Å². The highest BCUT2D eigenvalue weighted by atomic mass is 19.1. The van der Waals surface area contributed by atoms with Crippen molar-refractivity contribution >= 4 is 11.8 Å². The van der Waals surface area contributed by atoms with E-state index in [4.69, 9.17) is 0 Å². The maximum Gasteiger partial charge on any atom is 0.257 e. The van der Waals surface area contributed by atoms with Gasteiger partial charge in [0.25, 0.3) is 5.91 Å². The molecule has 0 aliphatic carbocycles. The molecule has 2 aliphatic heterocycles. The van der Waals surface area contributed by atoms with E-state index in [9.17, 15) is 14.0 Å². The van der Waals surface area contributed by atoms with E-state index in [1.165, 1.54) is 6.07 Å². The van der Waals surface area contributed by atoms with Crippen molar-refractivity contribution in [2.24, 2.45) is 0 Å². The standard InChI is InChI=1S/C25H31FN4O2/c1-17-15-19(10-11-21(17)26)7-5-9-23(31)30-14-6-8-22(30)24-27-16-20(18(2)28-24)25(32)29-12-3-4-13-29/h10-11,15-16,22H,3-9,12-14H2,1-2H3/t22-/m1/s1. The van der Waals surface area contributed by atoms with E-state index in [-0.39, 0.29) is 23.7 Å². The number of carbonyl (C=O) groups excluding carboxylic acids is 2. The number of aromatic nitrogens is 2. The first-order valence-electron chi connectivity index (χ1n) is 11.6. The summed E-state index contributed by atoms with van der Waals surface area (Å²) in [4.78, 5) is 38.5. The minimum absolute atomic E-state index is 0.00179. The second-order valence-corrected chi connectivity index (χ2v) is 8.91. The fourth-order valence-corrected chi connectivity index (χ4v) is 4.73. The van der Waals surface area contributed by atoms with Crippen molar-refractivity contribution in [3.05, 3.63) is 58.4 Å². The molecule has 0 N–H and O–H groups in total. The Balaban J connectivity index is 1.38. The van der Waals surface area contributed by atoms with Gasteiger partial charge in [0.05, 0.1) is 17.3 Å².